The fourth-order valence-electron chi connectivity index (χ4n) is 11.0. The number of fused-ring (bicyclic) bond motifs is 1. The largest absolute Gasteiger partial charge is 0.458 e. The second-order valence-electron chi connectivity index (χ2n) is 20.1. The Morgan fingerprint density at radius 3 is 2.25 bits per heavy atom. The summed E-state index contributed by atoms with van der Waals surface area (Å²) in [5, 5.41) is 24.9. The third kappa shape index (κ3) is 11.6. The number of likely N-dealkylation sites (N-methyl/N-ethyl adjacent to an activating group) is 1. The van der Waals surface area contributed by atoms with E-state index < -0.39 is 119 Å². The second kappa shape index (κ2) is 22.4. The van der Waals surface area contributed by atoms with Crippen molar-refractivity contribution in [2.24, 2.45) is 29.6 Å². The molecule has 5 rings (SSSR count). The number of hydrogen-bond acceptors (Lipinski definition) is 18. The van der Waals surface area contributed by atoms with Crippen LogP contribution in [0.15, 0.2) is 18.3 Å². The number of ether oxygens (including phenoxy) is 8. The number of anilines is 1. The van der Waals surface area contributed by atoms with Gasteiger partial charge in [-0.1, -0.05) is 27.7 Å². The number of rotatable bonds is 13. The van der Waals surface area contributed by atoms with E-state index in [0.29, 0.717) is 6.42 Å². The van der Waals surface area contributed by atoms with Gasteiger partial charge in [0.2, 0.25) is 0 Å². The van der Waals surface area contributed by atoms with E-state index >= 15 is 4.79 Å². The monoisotopic (exact) mass is 967 g/mol. The number of nitrogens with two attached hydrogens (primary N) is 1. The van der Waals surface area contributed by atoms with Crippen molar-refractivity contribution in [2.45, 2.75) is 178 Å². The van der Waals surface area contributed by atoms with Crippen molar-refractivity contribution in [1.82, 2.24) is 15.2 Å². The molecule has 2 unspecified atom stereocenters. The smallest absolute Gasteiger partial charge is 0.320 e. The number of amides is 1. The minimum Gasteiger partial charge on any atom is -0.458 e. The maximum Gasteiger partial charge on any atom is 0.320 e. The first-order valence-corrected chi connectivity index (χ1v) is 24.7. The average molecular weight is 967 g/mol. The summed E-state index contributed by atoms with van der Waals surface area (Å²) < 4.78 is 51.4. The number of aliphatic hydroxyl groups excluding tert-OH is 2. The van der Waals surface area contributed by atoms with Crippen LogP contribution in [0.1, 0.15) is 105 Å². The number of hydrogen-bond donors (Lipinski definition) is 4. The van der Waals surface area contributed by atoms with Gasteiger partial charge in [0, 0.05) is 68.8 Å². The van der Waals surface area contributed by atoms with Crippen molar-refractivity contribution in [2.75, 3.05) is 46.3 Å². The predicted molar refractivity (Wildman–Crippen MR) is 250 cm³/mol. The minimum absolute atomic E-state index is 0.0894. The molecule has 18 nitrogen and oxygen atoms in total. The topological polar surface area (TPSA) is 237 Å². The summed E-state index contributed by atoms with van der Waals surface area (Å²) in [4.78, 5) is 62.9. The van der Waals surface area contributed by atoms with Gasteiger partial charge in [0.1, 0.15) is 35.2 Å². The quantitative estimate of drug-likeness (QED) is 0.163. The van der Waals surface area contributed by atoms with E-state index in [-0.39, 0.29) is 60.9 Å². The van der Waals surface area contributed by atoms with Crippen LogP contribution in [0.5, 0.6) is 0 Å². The van der Waals surface area contributed by atoms with Crippen molar-refractivity contribution in [3.05, 3.63) is 23.9 Å². The van der Waals surface area contributed by atoms with Crippen LogP contribution in [-0.2, 0) is 52.3 Å². The lowest BCUT2D eigenvalue weighted by Crippen LogP contribution is -2.61. The molecule has 0 radical (unpaired) electrons. The van der Waals surface area contributed by atoms with Gasteiger partial charge in [-0.05, 0) is 87.0 Å². The number of carbonyl (C=O) groups excluding carboxylic acids is 4. The first kappa shape index (κ1) is 55.0. The zero-order chi connectivity index (χ0) is 49.9. The summed E-state index contributed by atoms with van der Waals surface area (Å²) in [5.74, 6) is -5.48. The van der Waals surface area contributed by atoms with Crippen LogP contribution < -0.4 is 11.1 Å². The molecular formula is C48H78N4O14S. The van der Waals surface area contributed by atoms with Gasteiger partial charge in [-0.2, -0.15) is 0 Å². The van der Waals surface area contributed by atoms with Crippen LogP contribution in [0.2, 0.25) is 0 Å². The molecule has 0 aliphatic carbocycles. The number of pyridine rings is 1. The lowest BCUT2D eigenvalue weighted by molar-refractivity contribution is -0.319. The average Bonchev–Trinajstić information content (AvgIpc) is 3.54. The third-order valence-corrected chi connectivity index (χ3v) is 16.3. The zero-order valence-corrected chi connectivity index (χ0v) is 42.7. The molecule has 1 aromatic rings. The third-order valence-electron chi connectivity index (χ3n) is 15.0. The molecule has 0 aromatic carbocycles. The van der Waals surface area contributed by atoms with E-state index in [4.69, 9.17) is 43.6 Å². The molecule has 19 heteroatoms. The Kier molecular flexibility index (Phi) is 18.4. The highest BCUT2D eigenvalue weighted by Crippen LogP contribution is 2.49. The van der Waals surface area contributed by atoms with Crippen LogP contribution in [0.3, 0.4) is 0 Å². The Balaban J connectivity index is 1.57. The molecule has 1 aromatic heterocycles. The molecule has 4 aliphatic rings. The predicted octanol–water partition coefficient (Wildman–Crippen LogP) is 3.77. The molecule has 4 fully saturated rings. The highest BCUT2D eigenvalue weighted by molar-refractivity contribution is 8.00. The van der Waals surface area contributed by atoms with Gasteiger partial charge in [-0.25, -0.2) is 4.98 Å². The summed E-state index contributed by atoms with van der Waals surface area (Å²) >= 11 is 1.26. The van der Waals surface area contributed by atoms with Crippen LogP contribution >= 0.6 is 11.8 Å². The van der Waals surface area contributed by atoms with Crippen LogP contribution in [0, 0.1) is 29.6 Å². The van der Waals surface area contributed by atoms with Crippen LogP contribution in [-0.4, -0.2) is 168 Å². The van der Waals surface area contributed by atoms with Crippen molar-refractivity contribution in [1.29, 1.82) is 0 Å². The van der Waals surface area contributed by atoms with Crippen LogP contribution in [0.4, 0.5) is 5.82 Å². The number of esters is 2. The number of aromatic nitrogens is 1. The lowest BCUT2D eigenvalue weighted by atomic mass is 9.70. The summed E-state index contributed by atoms with van der Waals surface area (Å²) in [6.45, 7) is 18.1. The SMILES string of the molecule is CC[C@H]1OC(=O)[C@H](C)[C@@H](O[C@H]2C[C@@](C)(OC)[C@@H](O)[C@@H](C)O2)[C@H](C)[C@@H](O[C@@H]2O[C@H](C)C[C@H](N(C)C)[C@H]2O)[C@](C)(OC)C[C@@H](C)C(=O)[C@H](C)C2C(SCCNC(=O)c3cccnc3N)C(=O)O[C@@]21C. The number of ketones is 1. The maximum atomic E-state index is 15.0. The molecular weight excluding hydrogens is 889 g/mol. The Morgan fingerprint density at radius 2 is 1.64 bits per heavy atom. The molecule has 4 saturated heterocycles. The van der Waals surface area contributed by atoms with E-state index in [1.807, 2.05) is 53.6 Å². The van der Waals surface area contributed by atoms with Crippen molar-refractivity contribution in [3.63, 3.8) is 0 Å². The molecule has 5 heterocycles. The Hall–Kier alpha value is -2.98. The molecule has 1 amide bonds. The number of nitrogens with zero attached hydrogens (tertiary/aromatic N) is 2. The number of methoxy groups -OCH3 is 2. The Labute approximate surface area is 400 Å². The van der Waals surface area contributed by atoms with Gasteiger partial charge in [0.25, 0.3) is 5.91 Å². The number of nitrogen functional groups attached to an aromatic ring is 1. The number of cyclic esters (lactones) is 1. The fourth-order valence-corrected chi connectivity index (χ4v) is 12.3. The fraction of sp³-hybridized carbons (Fsp3) is 0.812. The molecule has 0 bridgehead atoms. The van der Waals surface area contributed by atoms with E-state index in [1.165, 1.54) is 32.2 Å². The van der Waals surface area contributed by atoms with Crippen LogP contribution in [0.25, 0.3) is 0 Å². The maximum absolute atomic E-state index is 15.0. The number of carbonyl (C=O) groups is 4. The zero-order valence-electron chi connectivity index (χ0n) is 41.9. The molecule has 0 spiro atoms. The number of Topliss-reactive ketones (excluding diaryl/α,β-unsaturated/α-hetero) is 1. The standard InChI is InChI=1S/C48H78N4O14S/c1-15-32-48(10)34(38(44(58)66-48)67-20-19-51-42(56)30-17-16-18-50-41(30)49)26(4)35(53)24(2)22-47(9,60-14)40(65-45-36(54)31(52(11)12)21-25(3)61-45)27(5)37(28(6)43(57)63-32)64-33-23-46(8,59-13)39(55)29(7)62-33/h16-18,24-29,31-34,36-40,45,54-55H,15,19-23H2,1-14H3,(H2,49,50)(H,51,56)/t24-,25-,26-,27+,28-,29-,31+,32-,33+,34?,36-,37+,38?,39+,40-,45+,46-,47-,48-/m1/s1. The summed E-state index contributed by atoms with van der Waals surface area (Å²) in [5.41, 5.74) is 2.35. The second-order valence-corrected chi connectivity index (χ2v) is 21.3. The van der Waals surface area contributed by atoms with Gasteiger partial charge in [-0.3, -0.25) is 19.2 Å². The van der Waals surface area contributed by atoms with E-state index in [2.05, 4.69) is 10.3 Å². The van der Waals surface area contributed by atoms with E-state index in [0.717, 1.165) is 0 Å². The molecule has 67 heavy (non-hydrogen) atoms. The highest BCUT2D eigenvalue weighted by Gasteiger charge is 2.62. The van der Waals surface area contributed by atoms with Gasteiger partial charge in [-0.15, -0.1) is 11.8 Å². The lowest BCUT2D eigenvalue weighted by Gasteiger charge is -2.50. The Morgan fingerprint density at radius 1 is 0.970 bits per heavy atom. The van der Waals surface area contributed by atoms with Gasteiger partial charge >= 0.3 is 11.9 Å². The summed E-state index contributed by atoms with van der Waals surface area (Å²) in [6.07, 6.45) is -5.71. The summed E-state index contributed by atoms with van der Waals surface area (Å²) in [7, 11) is 6.80. The van der Waals surface area contributed by atoms with Crippen molar-refractivity contribution < 1.29 is 67.3 Å². The van der Waals surface area contributed by atoms with Gasteiger partial charge in [0.05, 0.1) is 47.1 Å². The first-order chi connectivity index (χ1) is 31.4. The molecule has 380 valence electrons. The number of nitrogens with one attached hydrogen (secondary N) is 1. The van der Waals surface area contributed by atoms with Crippen molar-refractivity contribution in [3.8, 4) is 0 Å². The normalized spacial score (nSPS) is 42.4. The summed E-state index contributed by atoms with van der Waals surface area (Å²) in [6, 6.07) is 2.87. The molecule has 5 N–H and O–H groups in total. The first-order valence-electron chi connectivity index (χ1n) is 23.7. The molecule has 4 aliphatic heterocycles. The Bertz CT molecular complexity index is 1880. The number of thioether (sulfide) groups is 1. The number of aliphatic hydroxyl groups is 2. The molecule has 19 atom stereocenters. The minimum atomic E-state index is -1.45. The van der Waals surface area contributed by atoms with Gasteiger partial charge in [0.15, 0.2) is 18.2 Å². The van der Waals surface area contributed by atoms with E-state index in [1.54, 1.807) is 46.8 Å². The van der Waals surface area contributed by atoms with E-state index in [9.17, 15) is 24.6 Å². The van der Waals surface area contributed by atoms with Crippen molar-refractivity contribution >= 4 is 41.2 Å². The highest BCUT2D eigenvalue weighted by atomic mass is 32.2. The van der Waals surface area contributed by atoms with Gasteiger partial charge < -0.3 is 64.1 Å². The molecule has 0 saturated carbocycles.